The summed E-state index contributed by atoms with van der Waals surface area (Å²) in [6, 6.07) is 9.48. The third kappa shape index (κ3) is 3.79. The van der Waals surface area contributed by atoms with E-state index in [2.05, 4.69) is 4.98 Å². The SMILES string of the molecule is Fc1cc(-c2ccccc2C(F)(F)F)ncc1-c1ccccc1C(F)(F)F. The highest BCUT2D eigenvalue weighted by molar-refractivity contribution is 5.72. The second-order valence-corrected chi connectivity index (χ2v) is 5.64. The van der Waals surface area contributed by atoms with Crippen LogP contribution < -0.4 is 0 Å². The predicted octanol–water partition coefficient (Wildman–Crippen LogP) is 6.59. The van der Waals surface area contributed by atoms with Gasteiger partial charge in [-0.25, -0.2) is 4.39 Å². The fraction of sp³-hybridized carbons (Fsp3) is 0.105. The van der Waals surface area contributed by atoms with Crippen LogP contribution in [0.5, 0.6) is 0 Å². The van der Waals surface area contributed by atoms with Crippen molar-refractivity contribution in [1.82, 2.24) is 4.98 Å². The van der Waals surface area contributed by atoms with Crippen LogP contribution >= 0.6 is 0 Å². The molecular formula is C19H10F7N. The maximum atomic E-state index is 14.5. The van der Waals surface area contributed by atoms with Crippen LogP contribution in [0.25, 0.3) is 22.4 Å². The smallest absolute Gasteiger partial charge is 0.255 e. The fourth-order valence-corrected chi connectivity index (χ4v) is 2.70. The van der Waals surface area contributed by atoms with Crippen molar-refractivity contribution in [3.8, 4) is 22.4 Å². The van der Waals surface area contributed by atoms with Gasteiger partial charge in [-0.3, -0.25) is 4.98 Å². The van der Waals surface area contributed by atoms with Gasteiger partial charge in [-0.2, -0.15) is 26.3 Å². The number of nitrogens with zero attached hydrogens (tertiary/aromatic N) is 1. The number of halogens is 7. The van der Waals surface area contributed by atoms with Crippen molar-refractivity contribution in [1.29, 1.82) is 0 Å². The van der Waals surface area contributed by atoms with E-state index in [-0.39, 0.29) is 11.3 Å². The molecule has 0 saturated heterocycles. The molecule has 1 aromatic heterocycles. The van der Waals surface area contributed by atoms with E-state index in [4.69, 9.17) is 0 Å². The summed E-state index contributed by atoms with van der Waals surface area (Å²) in [5, 5.41) is 0. The number of rotatable bonds is 2. The highest BCUT2D eigenvalue weighted by Gasteiger charge is 2.35. The third-order valence-electron chi connectivity index (χ3n) is 3.88. The van der Waals surface area contributed by atoms with E-state index in [1.54, 1.807) is 0 Å². The van der Waals surface area contributed by atoms with Gasteiger partial charge in [0.05, 0.1) is 16.8 Å². The molecule has 8 heteroatoms. The standard InChI is InChI=1S/C19H10F7N/c20-16-9-17(12-6-2-4-8-15(12)19(24,25)26)27-10-13(16)11-5-1-3-7-14(11)18(21,22)23/h1-10H. The number of pyridine rings is 1. The summed E-state index contributed by atoms with van der Waals surface area (Å²) in [5.74, 6) is -1.10. The normalized spacial score (nSPS) is 12.3. The summed E-state index contributed by atoms with van der Waals surface area (Å²) >= 11 is 0. The zero-order valence-corrected chi connectivity index (χ0v) is 13.4. The van der Waals surface area contributed by atoms with E-state index in [9.17, 15) is 30.7 Å². The first-order valence-electron chi connectivity index (χ1n) is 7.58. The van der Waals surface area contributed by atoms with Crippen LogP contribution in [0.3, 0.4) is 0 Å². The van der Waals surface area contributed by atoms with Gasteiger partial charge in [-0.15, -0.1) is 0 Å². The Balaban J connectivity index is 2.13. The van der Waals surface area contributed by atoms with E-state index in [0.717, 1.165) is 36.5 Å². The average Bonchev–Trinajstić information content (AvgIpc) is 2.60. The van der Waals surface area contributed by atoms with Crippen molar-refractivity contribution in [2.75, 3.05) is 0 Å². The monoisotopic (exact) mass is 385 g/mol. The Morgan fingerprint density at radius 1 is 0.630 bits per heavy atom. The highest BCUT2D eigenvalue weighted by atomic mass is 19.4. The molecule has 1 heterocycles. The molecule has 0 amide bonds. The fourth-order valence-electron chi connectivity index (χ4n) is 2.70. The van der Waals surface area contributed by atoms with Gasteiger partial charge in [0.2, 0.25) is 0 Å². The molecule has 0 fully saturated rings. The molecule has 0 N–H and O–H groups in total. The minimum absolute atomic E-state index is 0.325. The van der Waals surface area contributed by atoms with Gasteiger partial charge in [0.15, 0.2) is 0 Å². The molecule has 0 aliphatic carbocycles. The zero-order chi connectivity index (χ0) is 19.8. The molecule has 0 aliphatic heterocycles. The number of aromatic nitrogens is 1. The Hall–Kier alpha value is -2.90. The molecule has 0 radical (unpaired) electrons. The van der Waals surface area contributed by atoms with Crippen LogP contribution in [0.4, 0.5) is 30.7 Å². The van der Waals surface area contributed by atoms with Gasteiger partial charge < -0.3 is 0 Å². The molecule has 0 unspecified atom stereocenters. The van der Waals surface area contributed by atoms with Crippen molar-refractivity contribution in [3.05, 3.63) is 77.7 Å². The minimum Gasteiger partial charge on any atom is -0.255 e. The average molecular weight is 385 g/mol. The number of alkyl halides is 6. The lowest BCUT2D eigenvalue weighted by Gasteiger charge is -2.15. The van der Waals surface area contributed by atoms with E-state index in [1.165, 1.54) is 18.2 Å². The molecule has 0 saturated carbocycles. The quantitative estimate of drug-likeness (QED) is 0.454. The largest absolute Gasteiger partial charge is 0.417 e. The molecule has 2 aromatic carbocycles. The van der Waals surface area contributed by atoms with Crippen molar-refractivity contribution < 1.29 is 30.7 Å². The van der Waals surface area contributed by atoms with Crippen LogP contribution in [-0.4, -0.2) is 4.98 Å². The molecule has 27 heavy (non-hydrogen) atoms. The van der Waals surface area contributed by atoms with Crippen molar-refractivity contribution in [3.63, 3.8) is 0 Å². The first-order chi connectivity index (χ1) is 12.6. The second kappa shape index (κ2) is 6.68. The molecule has 0 atom stereocenters. The third-order valence-corrected chi connectivity index (χ3v) is 3.88. The summed E-state index contributed by atoms with van der Waals surface area (Å²) in [5.41, 5.74) is -3.65. The first-order valence-corrected chi connectivity index (χ1v) is 7.58. The van der Waals surface area contributed by atoms with Gasteiger partial charge in [-0.1, -0.05) is 36.4 Å². The number of benzene rings is 2. The Morgan fingerprint density at radius 2 is 1.11 bits per heavy atom. The Labute approximate surface area is 149 Å². The summed E-state index contributed by atoms with van der Waals surface area (Å²) < 4.78 is 93.3. The number of hydrogen-bond donors (Lipinski definition) is 0. The molecule has 3 rings (SSSR count). The van der Waals surface area contributed by atoms with Crippen LogP contribution in [0.2, 0.25) is 0 Å². The zero-order valence-electron chi connectivity index (χ0n) is 13.4. The Morgan fingerprint density at radius 3 is 1.63 bits per heavy atom. The second-order valence-electron chi connectivity index (χ2n) is 5.64. The lowest BCUT2D eigenvalue weighted by Crippen LogP contribution is -2.08. The van der Waals surface area contributed by atoms with Crippen molar-refractivity contribution in [2.24, 2.45) is 0 Å². The molecule has 0 spiro atoms. The van der Waals surface area contributed by atoms with E-state index >= 15 is 0 Å². The van der Waals surface area contributed by atoms with E-state index in [1.807, 2.05) is 0 Å². The van der Waals surface area contributed by atoms with Crippen LogP contribution in [-0.2, 0) is 12.4 Å². The molecule has 140 valence electrons. The van der Waals surface area contributed by atoms with Gasteiger partial charge in [-0.05, 0) is 17.7 Å². The van der Waals surface area contributed by atoms with Gasteiger partial charge >= 0.3 is 12.4 Å². The maximum Gasteiger partial charge on any atom is 0.417 e. The minimum atomic E-state index is -4.72. The van der Waals surface area contributed by atoms with Gasteiger partial charge in [0, 0.05) is 23.4 Å². The highest BCUT2D eigenvalue weighted by Crippen LogP contribution is 2.40. The molecule has 3 aromatic rings. The summed E-state index contributed by atoms with van der Waals surface area (Å²) in [6.07, 6.45) is -8.59. The van der Waals surface area contributed by atoms with Crippen molar-refractivity contribution in [2.45, 2.75) is 12.4 Å². The molecular weight excluding hydrogens is 375 g/mol. The summed E-state index contributed by atoms with van der Waals surface area (Å²) in [4.78, 5) is 3.78. The van der Waals surface area contributed by atoms with Gasteiger partial charge in [0.1, 0.15) is 5.82 Å². The maximum absolute atomic E-state index is 14.5. The summed E-state index contributed by atoms with van der Waals surface area (Å²) in [7, 11) is 0. The lowest BCUT2D eigenvalue weighted by atomic mass is 9.98. The topological polar surface area (TPSA) is 12.9 Å². The lowest BCUT2D eigenvalue weighted by molar-refractivity contribution is -0.137. The molecule has 1 nitrogen and oxygen atoms in total. The van der Waals surface area contributed by atoms with Crippen molar-refractivity contribution >= 4 is 0 Å². The Kier molecular flexibility index (Phi) is 4.67. The van der Waals surface area contributed by atoms with Crippen LogP contribution in [0.15, 0.2) is 60.8 Å². The van der Waals surface area contributed by atoms with Crippen LogP contribution in [0, 0.1) is 5.82 Å². The van der Waals surface area contributed by atoms with E-state index in [0.29, 0.717) is 6.07 Å². The molecule has 0 bridgehead atoms. The Bertz CT molecular complexity index is 974. The number of hydrogen-bond acceptors (Lipinski definition) is 1. The first kappa shape index (κ1) is 18.9. The molecule has 0 aliphatic rings. The summed E-state index contributed by atoms with van der Waals surface area (Å²) in [6.45, 7) is 0. The van der Waals surface area contributed by atoms with Crippen LogP contribution in [0.1, 0.15) is 11.1 Å². The van der Waals surface area contributed by atoms with E-state index < -0.39 is 40.4 Å². The predicted molar refractivity (Wildman–Crippen MR) is 85.1 cm³/mol. The van der Waals surface area contributed by atoms with Gasteiger partial charge in [0.25, 0.3) is 0 Å².